The van der Waals surface area contributed by atoms with E-state index in [0.717, 1.165) is 47.2 Å². The first kappa shape index (κ1) is 16.5. The summed E-state index contributed by atoms with van der Waals surface area (Å²) in [6, 6.07) is 10.3. The van der Waals surface area contributed by atoms with E-state index in [1.165, 1.54) is 11.3 Å². The molecule has 0 spiro atoms. The molecule has 1 aromatic heterocycles. The highest BCUT2D eigenvalue weighted by atomic mass is 35.5. The minimum atomic E-state index is 0.169. The number of carbonyl (C=O) groups is 1. The molecule has 1 amide bonds. The smallest absolute Gasteiger partial charge is 0.264 e. The summed E-state index contributed by atoms with van der Waals surface area (Å²) in [7, 11) is 0. The molecule has 1 aliphatic rings. The Bertz CT molecular complexity index is 692. The van der Waals surface area contributed by atoms with Gasteiger partial charge in [-0.1, -0.05) is 29.8 Å². The van der Waals surface area contributed by atoms with Crippen molar-refractivity contribution in [3.8, 4) is 0 Å². The molecule has 3 nitrogen and oxygen atoms in total. The van der Waals surface area contributed by atoms with Crippen LogP contribution in [0.5, 0.6) is 0 Å². The summed E-state index contributed by atoms with van der Waals surface area (Å²) in [4.78, 5) is 17.8. The Balaban J connectivity index is 1.63. The van der Waals surface area contributed by atoms with Gasteiger partial charge in [0.2, 0.25) is 0 Å². The molecule has 3 rings (SSSR count). The number of amides is 1. The minimum Gasteiger partial charge on any atom is -0.335 e. The lowest BCUT2D eigenvalue weighted by Gasteiger charge is -2.38. The molecule has 2 heterocycles. The first-order valence-corrected chi connectivity index (χ1v) is 9.15. The van der Waals surface area contributed by atoms with Gasteiger partial charge in [0.05, 0.1) is 4.88 Å². The third-order valence-electron chi connectivity index (χ3n) is 4.56. The van der Waals surface area contributed by atoms with Crippen LogP contribution in [0.2, 0.25) is 5.02 Å². The summed E-state index contributed by atoms with van der Waals surface area (Å²) in [5, 5.41) is 2.80. The lowest BCUT2D eigenvalue weighted by Crippen LogP contribution is -2.49. The van der Waals surface area contributed by atoms with Gasteiger partial charge in [-0.3, -0.25) is 9.69 Å². The van der Waals surface area contributed by atoms with E-state index in [2.05, 4.69) is 17.9 Å². The third kappa shape index (κ3) is 3.44. The molecule has 0 N–H and O–H groups in total. The highest BCUT2D eigenvalue weighted by molar-refractivity contribution is 7.12. The fourth-order valence-electron chi connectivity index (χ4n) is 3.06. The van der Waals surface area contributed by atoms with Crippen molar-refractivity contribution in [1.82, 2.24) is 9.80 Å². The maximum absolute atomic E-state index is 12.6. The van der Waals surface area contributed by atoms with Gasteiger partial charge in [-0.15, -0.1) is 11.3 Å². The number of nitrogens with zero attached hydrogens (tertiary/aromatic N) is 2. The highest BCUT2D eigenvalue weighted by Crippen LogP contribution is 2.28. The van der Waals surface area contributed by atoms with Gasteiger partial charge in [-0.2, -0.15) is 0 Å². The predicted molar refractivity (Wildman–Crippen MR) is 96.4 cm³/mol. The third-order valence-corrected chi connectivity index (χ3v) is 5.91. The van der Waals surface area contributed by atoms with Crippen LogP contribution in [0.25, 0.3) is 0 Å². The number of carbonyl (C=O) groups excluding carboxylic acids is 1. The summed E-state index contributed by atoms with van der Waals surface area (Å²) < 4.78 is 0. The van der Waals surface area contributed by atoms with E-state index in [-0.39, 0.29) is 11.9 Å². The molecule has 0 radical (unpaired) electrons. The van der Waals surface area contributed by atoms with E-state index in [1.54, 1.807) is 0 Å². The topological polar surface area (TPSA) is 23.6 Å². The lowest BCUT2D eigenvalue weighted by atomic mass is 10.1. The number of rotatable bonds is 3. The minimum absolute atomic E-state index is 0.169. The first-order chi connectivity index (χ1) is 11.1. The molecule has 1 fully saturated rings. The number of aryl methyl sites for hydroxylation is 1. The molecule has 1 unspecified atom stereocenters. The van der Waals surface area contributed by atoms with Crippen LogP contribution >= 0.6 is 22.9 Å². The van der Waals surface area contributed by atoms with E-state index in [4.69, 9.17) is 11.6 Å². The monoisotopic (exact) mass is 348 g/mol. The van der Waals surface area contributed by atoms with Crippen LogP contribution < -0.4 is 0 Å². The first-order valence-electron chi connectivity index (χ1n) is 7.90. The van der Waals surface area contributed by atoms with Crippen molar-refractivity contribution in [1.29, 1.82) is 0 Å². The number of hydrogen-bond donors (Lipinski definition) is 0. The van der Waals surface area contributed by atoms with Gasteiger partial charge in [0.15, 0.2) is 0 Å². The van der Waals surface area contributed by atoms with Gasteiger partial charge >= 0.3 is 0 Å². The second kappa shape index (κ2) is 7.04. The molecule has 1 aromatic carbocycles. The second-order valence-electron chi connectivity index (χ2n) is 5.96. The van der Waals surface area contributed by atoms with E-state index < -0.39 is 0 Å². The largest absolute Gasteiger partial charge is 0.335 e. The van der Waals surface area contributed by atoms with Gasteiger partial charge in [0, 0.05) is 37.2 Å². The van der Waals surface area contributed by atoms with Crippen LogP contribution in [-0.2, 0) is 0 Å². The Morgan fingerprint density at radius 2 is 1.87 bits per heavy atom. The molecule has 2 aromatic rings. The van der Waals surface area contributed by atoms with Gasteiger partial charge in [0.1, 0.15) is 0 Å². The quantitative estimate of drug-likeness (QED) is 0.828. The molecule has 1 atom stereocenters. The second-order valence-corrected chi connectivity index (χ2v) is 7.28. The zero-order valence-corrected chi connectivity index (χ0v) is 15.0. The summed E-state index contributed by atoms with van der Waals surface area (Å²) in [6.45, 7) is 7.47. The number of benzene rings is 1. The standard InChI is InChI=1S/C18H21ClN2OS/c1-13-7-12-23-17(13)18(22)21-10-8-20(9-11-21)14(2)15-5-3-4-6-16(15)19/h3-7,12,14H,8-11H2,1-2H3. The van der Waals surface area contributed by atoms with Crippen molar-refractivity contribution >= 4 is 28.8 Å². The van der Waals surface area contributed by atoms with Crippen molar-refractivity contribution in [2.75, 3.05) is 26.2 Å². The molecule has 0 aliphatic carbocycles. The van der Waals surface area contributed by atoms with Crippen LogP contribution in [0.1, 0.15) is 33.8 Å². The Hall–Kier alpha value is -1.36. The van der Waals surface area contributed by atoms with Crippen molar-refractivity contribution in [3.05, 3.63) is 56.7 Å². The van der Waals surface area contributed by atoms with Crippen LogP contribution in [0, 0.1) is 6.92 Å². The number of thiophene rings is 1. The van der Waals surface area contributed by atoms with E-state index in [1.807, 2.05) is 41.5 Å². The number of piperazine rings is 1. The van der Waals surface area contributed by atoms with Crippen LogP contribution in [0.4, 0.5) is 0 Å². The Kier molecular flexibility index (Phi) is 5.05. The Labute approximate surface area is 146 Å². The normalized spacial score (nSPS) is 17.3. The van der Waals surface area contributed by atoms with Crippen molar-refractivity contribution in [2.24, 2.45) is 0 Å². The average Bonchev–Trinajstić information content (AvgIpc) is 3.00. The predicted octanol–water partition coefficient (Wildman–Crippen LogP) is 4.23. The van der Waals surface area contributed by atoms with E-state index >= 15 is 0 Å². The molecular weight excluding hydrogens is 328 g/mol. The fourth-order valence-corrected chi connectivity index (χ4v) is 4.24. The van der Waals surface area contributed by atoms with E-state index in [9.17, 15) is 4.79 Å². The highest BCUT2D eigenvalue weighted by Gasteiger charge is 2.27. The molecule has 0 bridgehead atoms. The van der Waals surface area contributed by atoms with E-state index in [0.29, 0.717) is 0 Å². The summed E-state index contributed by atoms with van der Waals surface area (Å²) >= 11 is 7.85. The molecule has 1 saturated heterocycles. The van der Waals surface area contributed by atoms with Crippen molar-refractivity contribution in [3.63, 3.8) is 0 Å². The maximum Gasteiger partial charge on any atom is 0.264 e. The van der Waals surface area contributed by atoms with Crippen molar-refractivity contribution < 1.29 is 4.79 Å². The van der Waals surface area contributed by atoms with Gasteiger partial charge in [-0.05, 0) is 42.5 Å². The maximum atomic E-state index is 12.6. The van der Waals surface area contributed by atoms with Crippen LogP contribution in [0.15, 0.2) is 35.7 Å². The molecule has 5 heteroatoms. The molecule has 0 saturated carbocycles. The zero-order valence-electron chi connectivity index (χ0n) is 13.5. The molecule has 122 valence electrons. The fraction of sp³-hybridized carbons (Fsp3) is 0.389. The van der Waals surface area contributed by atoms with Gasteiger partial charge in [-0.25, -0.2) is 0 Å². The van der Waals surface area contributed by atoms with Gasteiger partial charge in [0.25, 0.3) is 5.91 Å². The SMILES string of the molecule is Cc1ccsc1C(=O)N1CCN(C(C)c2ccccc2Cl)CC1. The molecule has 23 heavy (non-hydrogen) atoms. The Morgan fingerprint density at radius 1 is 1.17 bits per heavy atom. The van der Waals surface area contributed by atoms with Gasteiger partial charge < -0.3 is 4.90 Å². The molecule has 1 aliphatic heterocycles. The number of hydrogen-bond acceptors (Lipinski definition) is 3. The summed E-state index contributed by atoms with van der Waals surface area (Å²) in [5.74, 6) is 0.169. The van der Waals surface area contributed by atoms with Crippen molar-refractivity contribution in [2.45, 2.75) is 19.9 Å². The average molecular weight is 349 g/mol. The number of halogens is 1. The van der Waals surface area contributed by atoms with Crippen LogP contribution in [0.3, 0.4) is 0 Å². The van der Waals surface area contributed by atoms with Crippen LogP contribution in [-0.4, -0.2) is 41.9 Å². The lowest BCUT2D eigenvalue weighted by molar-refractivity contribution is 0.0586. The summed E-state index contributed by atoms with van der Waals surface area (Å²) in [5.41, 5.74) is 2.23. The molecular formula is C18H21ClN2OS. The zero-order chi connectivity index (χ0) is 16.4. The Morgan fingerprint density at radius 3 is 2.48 bits per heavy atom. The summed E-state index contributed by atoms with van der Waals surface area (Å²) in [6.07, 6.45) is 0.